The quantitative estimate of drug-likeness (QED) is 0.185. The normalized spacial score (nSPS) is 14.9. The molecule has 4 nitrogen and oxygen atoms in total. The molecule has 0 radical (unpaired) electrons. The molecule has 0 bridgehead atoms. The van der Waals surface area contributed by atoms with Gasteiger partial charge >= 0.3 is 11.9 Å². The van der Waals surface area contributed by atoms with Gasteiger partial charge in [-0.25, -0.2) is 4.79 Å². The average Bonchev–Trinajstić information content (AvgIpc) is 2.68. The molecule has 0 heterocycles. The summed E-state index contributed by atoms with van der Waals surface area (Å²) in [5.41, 5.74) is 2.21. The Hall–Kier alpha value is -1.84. The van der Waals surface area contributed by atoms with Crippen LogP contribution in [0.4, 0.5) is 0 Å². The Labute approximate surface area is 170 Å². The van der Waals surface area contributed by atoms with Crippen LogP contribution in [0.2, 0.25) is 0 Å². The van der Waals surface area contributed by atoms with Crippen LogP contribution >= 0.6 is 0 Å². The lowest BCUT2D eigenvalue weighted by Crippen LogP contribution is -1.99. The predicted molar refractivity (Wildman–Crippen MR) is 114 cm³/mol. The first-order valence-electron chi connectivity index (χ1n) is 11.0. The molecule has 0 aromatic heterocycles. The van der Waals surface area contributed by atoms with Gasteiger partial charge in [-0.2, -0.15) is 0 Å². The Morgan fingerprint density at radius 1 is 0.893 bits per heavy atom. The van der Waals surface area contributed by atoms with E-state index in [4.69, 9.17) is 5.11 Å². The van der Waals surface area contributed by atoms with Gasteiger partial charge < -0.3 is 9.84 Å². The van der Waals surface area contributed by atoms with Crippen LogP contribution in [0.1, 0.15) is 96.3 Å². The van der Waals surface area contributed by atoms with Crippen molar-refractivity contribution >= 4 is 11.9 Å². The van der Waals surface area contributed by atoms with E-state index < -0.39 is 5.97 Å². The molecule has 1 aliphatic carbocycles. The van der Waals surface area contributed by atoms with Gasteiger partial charge in [-0.3, -0.25) is 4.79 Å². The standard InChI is InChI=1S/C24H38O4/c1-28-24(27)15-13-11-9-7-5-3-2-4-6-8-10-12-14-21-16-18-22(19-17-21)20-23(25)26/h16-18,20H,2-15,19H2,1H3,(H,25,26). The van der Waals surface area contributed by atoms with Crippen LogP contribution in [0, 0.1) is 0 Å². The highest BCUT2D eigenvalue weighted by Crippen LogP contribution is 2.20. The second kappa shape index (κ2) is 16.1. The van der Waals surface area contributed by atoms with Crippen LogP contribution < -0.4 is 0 Å². The summed E-state index contributed by atoms with van der Waals surface area (Å²) in [6, 6.07) is 0. The van der Waals surface area contributed by atoms with E-state index in [0.717, 1.165) is 31.3 Å². The van der Waals surface area contributed by atoms with Crippen molar-refractivity contribution in [3.05, 3.63) is 35.5 Å². The summed E-state index contributed by atoms with van der Waals surface area (Å²) in [7, 11) is 1.45. The lowest BCUT2D eigenvalue weighted by Gasteiger charge is -2.09. The molecule has 0 fully saturated rings. The monoisotopic (exact) mass is 390 g/mol. The summed E-state index contributed by atoms with van der Waals surface area (Å²) < 4.78 is 4.64. The van der Waals surface area contributed by atoms with Crippen molar-refractivity contribution in [2.45, 2.75) is 96.3 Å². The minimum absolute atomic E-state index is 0.0889. The zero-order valence-electron chi connectivity index (χ0n) is 17.6. The molecule has 0 aliphatic heterocycles. The van der Waals surface area contributed by atoms with Crippen molar-refractivity contribution in [2.24, 2.45) is 0 Å². The zero-order valence-corrected chi connectivity index (χ0v) is 17.6. The van der Waals surface area contributed by atoms with Gasteiger partial charge in [0.05, 0.1) is 7.11 Å². The lowest BCUT2D eigenvalue weighted by molar-refractivity contribution is -0.140. The van der Waals surface area contributed by atoms with Crippen molar-refractivity contribution in [3.63, 3.8) is 0 Å². The van der Waals surface area contributed by atoms with Crippen LogP contribution in [0.15, 0.2) is 35.5 Å². The number of carboxylic acids is 1. The van der Waals surface area contributed by atoms with Crippen LogP contribution in [0.3, 0.4) is 0 Å². The fourth-order valence-electron chi connectivity index (χ4n) is 3.52. The Kier molecular flexibility index (Phi) is 14.0. The number of carbonyl (C=O) groups is 2. The highest BCUT2D eigenvalue weighted by Gasteiger charge is 2.03. The van der Waals surface area contributed by atoms with E-state index in [-0.39, 0.29) is 5.97 Å². The maximum Gasteiger partial charge on any atom is 0.328 e. The zero-order chi connectivity index (χ0) is 20.5. The first kappa shape index (κ1) is 24.2. The Morgan fingerprint density at radius 3 is 1.89 bits per heavy atom. The fraction of sp³-hybridized carbons (Fsp3) is 0.667. The van der Waals surface area contributed by atoms with Crippen LogP contribution in [0.5, 0.6) is 0 Å². The van der Waals surface area contributed by atoms with Gasteiger partial charge in [0.1, 0.15) is 0 Å². The molecule has 0 saturated carbocycles. The van der Waals surface area contributed by atoms with E-state index in [0.29, 0.717) is 6.42 Å². The summed E-state index contributed by atoms with van der Waals surface area (Å²) in [5.74, 6) is -0.957. The van der Waals surface area contributed by atoms with Gasteiger partial charge in [0.25, 0.3) is 0 Å². The lowest BCUT2D eigenvalue weighted by atomic mass is 9.97. The number of unbranched alkanes of at least 4 members (excludes halogenated alkanes) is 11. The van der Waals surface area contributed by atoms with Crippen LogP contribution in [0.25, 0.3) is 0 Å². The van der Waals surface area contributed by atoms with Gasteiger partial charge in [0, 0.05) is 12.5 Å². The highest BCUT2D eigenvalue weighted by atomic mass is 16.5. The minimum atomic E-state index is -0.868. The number of hydrogen-bond acceptors (Lipinski definition) is 3. The smallest absolute Gasteiger partial charge is 0.328 e. The second-order valence-electron chi connectivity index (χ2n) is 7.69. The SMILES string of the molecule is COC(=O)CCCCCCCCCCCCCCC1=CCC(=CC(=O)O)C=C1. The number of esters is 1. The number of carboxylic acid groups (broad SMARTS) is 1. The Bertz CT molecular complexity index is 543. The fourth-order valence-corrected chi connectivity index (χ4v) is 3.52. The van der Waals surface area contributed by atoms with Gasteiger partial charge in [-0.1, -0.05) is 88.0 Å². The third-order valence-corrected chi connectivity index (χ3v) is 5.24. The largest absolute Gasteiger partial charge is 0.478 e. The van der Waals surface area contributed by atoms with E-state index in [1.807, 2.05) is 6.08 Å². The first-order chi connectivity index (χ1) is 13.6. The molecule has 1 aliphatic rings. The molecule has 0 atom stereocenters. The molecule has 1 rings (SSSR count). The van der Waals surface area contributed by atoms with Crippen LogP contribution in [-0.4, -0.2) is 24.2 Å². The number of methoxy groups -OCH3 is 1. The number of allylic oxidation sites excluding steroid dienone is 5. The molecular weight excluding hydrogens is 352 g/mol. The molecular formula is C24H38O4. The Morgan fingerprint density at radius 2 is 1.43 bits per heavy atom. The van der Waals surface area contributed by atoms with E-state index in [1.165, 1.54) is 83.0 Å². The van der Waals surface area contributed by atoms with Crippen molar-refractivity contribution in [3.8, 4) is 0 Å². The van der Waals surface area contributed by atoms with Gasteiger partial charge in [0.2, 0.25) is 0 Å². The molecule has 0 aromatic carbocycles. The number of ether oxygens (including phenoxy) is 1. The Balaban J connectivity index is 1.84. The van der Waals surface area contributed by atoms with Gasteiger partial charge in [-0.15, -0.1) is 0 Å². The highest BCUT2D eigenvalue weighted by molar-refractivity contribution is 5.81. The number of rotatable bonds is 16. The van der Waals surface area contributed by atoms with E-state index in [1.54, 1.807) is 0 Å². The van der Waals surface area contributed by atoms with E-state index in [9.17, 15) is 9.59 Å². The summed E-state index contributed by atoms with van der Waals surface area (Å²) >= 11 is 0. The molecule has 4 heteroatoms. The van der Waals surface area contributed by atoms with Crippen molar-refractivity contribution < 1.29 is 19.4 Å². The summed E-state index contributed by atoms with van der Waals surface area (Å²) in [4.78, 5) is 21.6. The summed E-state index contributed by atoms with van der Waals surface area (Å²) in [6.07, 6.45) is 24.9. The second-order valence-corrected chi connectivity index (χ2v) is 7.69. The van der Waals surface area contributed by atoms with Crippen LogP contribution in [-0.2, 0) is 14.3 Å². The molecule has 158 valence electrons. The van der Waals surface area contributed by atoms with Gasteiger partial charge in [-0.05, 0) is 31.3 Å². The van der Waals surface area contributed by atoms with Crippen molar-refractivity contribution in [1.29, 1.82) is 0 Å². The maximum absolute atomic E-state index is 11.0. The minimum Gasteiger partial charge on any atom is -0.478 e. The molecule has 0 unspecified atom stereocenters. The maximum atomic E-state index is 11.0. The molecule has 0 saturated heterocycles. The van der Waals surface area contributed by atoms with Crippen molar-refractivity contribution in [2.75, 3.05) is 7.11 Å². The molecule has 1 N–H and O–H groups in total. The molecule has 0 spiro atoms. The number of hydrogen-bond donors (Lipinski definition) is 1. The van der Waals surface area contributed by atoms with Gasteiger partial charge in [0.15, 0.2) is 0 Å². The van der Waals surface area contributed by atoms with Crippen molar-refractivity contribution in [1.82, 2.24) is 0 Å². The summed E-state index contributed by atoms with van der Waals surface area (Å²) in [5, 5.41) is 8.75. The number of aliphatic carboxylic acids is 1. The number of carbonyl (C=O) groups excluding carboxylic acids is 1. The molecule has 28 heavy (non-hydrogen) atoms. The third-order valence-electron chi connectivity index (χ3n) is 5.24. The van der Waals surface area contributed by atoms with E-state index in [2.05, 4.69) is 16.9 Å². The summed E-state index contributed by atoms with van der Waals surface area (Å²) in [6.45, 7) is 0. The first-order valence-corrected chi connectivity index (χ1v) is 11.0. The topological polar surface area (TPSA) is 63.6 Å². The average molecular weight is 391 g/mol. The van der Waals surface area contributed by atoms with E-state index >= 15 is 0 Å². The molecule has 0 amide bonds. The third kappa shape index (κ3) is 13.3. The molecule has 0 aromatic rings. The predicted octanol–water partition coefficient (Wildman–Crippen LogP) is 6.52.